The van der Waals surface area contributed by atoms with Crippen LogP contribution in [0.15, 0.2) is 85.4 Å². The molecule has 226 valence electrons. The van der Waals surface area contributed by atoms with Crippen molar-refractivity contribution in [1.29, 1.82) is 0 Å². The van der Waals surface area contributed by atoms with Gasteiger partial charge in [0, 0.05) is 10.6 Å². The number of nitrogens with zero attached hydrogens (tertiary/aromatic N) is 3. The Bertz CT molecular complexity index is 1570. The molecule has 0 saturated carbocycles. The van der Waals surface area contributed by atoms with Crippen molar-refractivity contribution in [2.75, 3.05) is 20.3 Å². The van der Waals surface area contributed by atoms with Gasteiger partial charge in [0.15, 0.2) is 0 Å². The Balaban J connectivity index is 1.26. The monoisotopic (exact) mass is 639 g/mol. The molecule has 0 amide bonds. The number of methoxy groups -OCH3 is 1. The minimum atomic E-state index is -5.01. The lowest BCUT2D eigenvalue weighted by molar-refractivity contribution is -0.190. The van der Waals surface area contributed by atoms with Crippen LogP contribution in [-0.4, -0.2) is 47.4 Å². The maximum Gasteiger partial charge on any atom is 0.422 e. The number of halogens is 6. The second kappa shape index (κ2) is 12.8. The lowest BCUT2D eigenvalue weighted by Crippen LogP contribution is -2.35. The molecule has 1 fully saturated rings. The molecular formula is C29H23Cl2F4N3O5. The van der Waals surface area contributed by atoms with Crippen LogP contribution in [0.4, 0.5) is 17.6 Å². The van der Waals surface area contributed by atoms with Gasteiger partial charge >= 0.3 is 6.18 Å². The molecule has 43 heavy (non-hydrogen) atoms. The van der Waals surface area contributed by atoms with E-state index in [9.17, 15) is 17.6 Å². The summed E-state index contributed by atoms with van der Waals surface area (Å²) in [5.74, 6) is -0.800. The molecule has 1 aromatic heterocycles. The van der Waals surface area contributed by atoms with E-state index in [-0.39, 0.29) is 25.5 Å². The molecule has 5 rings (SSSR count). The highest BCUT2D eigenvalue weighted by Crippen LogP contribution is 2.41. The van der Waals surface area contributed by atoms with Crippen LogP contribution in [0.1, 0.15) is 11.1 Å². The summed E-state index contributed by atoms with van der Waals surface area (Å²) in [6.07, 6.45) is -2.65. The minimum Gasteiger partial charge on any atom is -0.497 e. The standard InChI is InChI=1S/C29H23Cl2F4N3O5/c1-39-20-5-2-18(3-6-20)26(29(33,34)35)27(32)42-22-9-7-21(8-10-22)40-13-23-14-41-28(43-23,15-38-17-36-16-37-38)24-11-4-19(30)12-25(24)31/h2-12,16-17,23H,13-15H2,1H3/b27-26+. The fraction of sp³-hybridized carbons (Fsp3) is 0.241. The third-order valence-corrected chi connectivity index (χ3v) is 6.91. The number of ether oxygens (including phenoxy) is 5. The van der Waals surface area contributed by atoms with Gasteiger partial charge in [0.25, 0.3) is 6.01 Å². The number of hydrogen-bond acceptors (Lipinski definition) is 7. The third-order valence-electron chi connectivity index (χ3n) is 6.36. The zero-order valence-electron chi connectivity index (χ0n) is 22.4. The maximum atomic E-state index is 14.8. The zero-order valence-corrected chi connectivity index (χ0v) is 23.9. The second-order valence-electron chi connectivity index (χ2n) is 9.28. The van der Waals surface area contributed by atoms with Crippen molar-refractivity contribution < 1.29 is 41.2 Å². The van der Waals surface area contributed by atoms with E-state index in [1.165, 1.54) is 56.2 Å². The lowest BCUT2D eigenvalue weighted by atomic mass is 10.1. The van der Waals surface area contributed by atoms with Crippen LogP contribution < -0.4 is 14.2 Å². The molecule has 2 atom stereocenters. The van der Waals surface area contributed by atoms with Crippen molar-refractivity contribution in [2.24, 2.45) is 0 Å². The first-order valence-corrected chi connectivity index (χ1v) is 13.4. The van der Waals surface area contributed by atoms with E-state index in [4.69, 9.17) is 46.9 Å². The molecule has 0 bridgehead atoms. The number of aromatic nitrogens is 3. The summed E-state index contributed by atoms with van der Waals surface area (Å²) in [6, 6.07) is 13.3. The van der Waals surface area contributed by atoms with Crippen molar-refractivity contribution in [3.63, 3.8) is 0 Å². The minimum absolute atomic E-state index is 0.0501. The van der Waals surface area contributed by atoms with E-state index >= 15 is 0 Å². The van der Waals surface area contributed by atoms with Gasteiger partial charge in [-0.25, -0.2) is 9.67 Å². The van der Waals surface area contributed by atoms with E-state index < -0.39 is 35.2 Å². The van der Waals surface area contributed by atoms with Gasteiger partial charge in [-0.2, -0.15) is 22.7 Å². The Morgan fingerprint density at radius 1 is 1.02 bits per heavy atom. The molecule has 4 aromatic rings. The van der Waals surface area contributed by atoms with E-state index in [0.29, 0.717) is 27.1 Å². The van der Waals surface area contributed by atoms with Gasteiger partial charge in [0.2, 0.25) is 5.79 Å². The zero-order chi connectivity index (χ0) is 30.6. The first kappa shape index (κ1) is 30.6. The lowest BCUT2D eigenvalue weighted by Gasteiger charge is -2.29. The van der Waals surface area contributed by atoms with Crippen LogP contribution in [0.5, 0.6) is 17.2 Å². The van der Waals surface area contributed by atoms with Gasteiger partial charge in [0.1, 0.15) is 54.7 Å². The van der Waals surface area contributed by atoms with Crippen LogP contribution >= 0.6 is 23.2 Å². The molecule has 2 heterocycles. The summed E-state index contributed by atoms with van der Waals surface area (Å²) in [5, 5.41) is 4.91. The van der Waals surface area contributed by atoms with Crippen LogP contribution in [0, 0.1) is 0 Å². The molecule has 2 unspecified atom stereocenters. The number of benzene rings is 3. The van der Waals surface area contributed by atoms with Crippen LogP contribution in [-0.2, 0) is 21.8 Å². The van der Waals surface area contributed by atoms with Crippen molar-refractivity contribution in [3.8, 4) is 17.2 Å². The first-order valence-electron chi connectivity index (χ1n) is 12.7. The highest BCUT2D eigenvalue weighted by Gasteiger charge is 2.46. The van der Waals surface area contributed by atoms with E-state index in [2.05, 4.69) is 10.1 Å². The molecule has 0 radical (unpaired) electrons. The van der Waals surface area contributed by atoms with Gasteiger partial charge in [-0.3, -0.25) is 0 Å². The van der Waals surface area contributed by atoms with Crippen LogP contribution in [0.25, 0.3) is 5.57 Å². The molecule has 14 heteroatoms. The smallest absolute Gasteiger partial charge is 0.422 e. The Labute approximate surface area is 253 Å². The summed E-state index contributed by atoms with van der Waals surface area (Å²) in [7, 11) is 1.37. The topological polar surface area (TPSA) is 76.9 Å². The normalized spacial score (nSPS) is 19.2. The highest BCUT2D eigenvalue weighted by molar-refractivity contribution is 6.35. The van der Waals surface area contributed by atoms with E-state index in [1.54, 1.807) is 22.9 Å². The predicted octanol–water partition coefficient (Wildman–Crippen LogP) is 7.22. The first-order chi connectivity index (χ1) is 20.6. The molecule has 1 saturated heterocycles. The summed E-state index contributed by atoms with van der Waals surface area (Å²) >= 11 is 12.5. The van der Waals surface area contributed by atoms with Crippen molar-refractivity contribution in [3.05, 3.63) is 107 Å². The Morgan fingerprint density at radius 3 is 2.35 bits per heavy atom. The number of rotatable bonds is 10. The fourth-order valence-electron chi connectivity index (χ4n) is 4.38. The number of alkyl halides is 3. The van der Waals surface area contributed by atoms with Crippen molar-refractivity contribution >= 4 is 28.8 Å². The SMILES string of the molecule is COc1ccc(/C(=C(/F)Oc2ccc(OCC3COC(Cn4cncn4)(c4ccc(Cl)cc4Cl)O3)cc2)C(F)(F)F)cc1. The quantitative estimate of drug-likeness (QED) is 0.134. The number of hydrogen-bond donors (Lipinski definition) is 0. The van der Waals surface area contributed by atoms with Crippen LogP contribution in [0.3, 0.4) is 0 Å². The van der Waals surface area contributed by atoms with Crippen molar-refractivity contribution in [2.45, 2.75) is 24.6 Å². The van der Waals surface area contributed by atoms with Crippen LogP contribution in [0.2, 0.25) is 10.0 Å². The predicted molar refractivity (Wildman–Crippen MR) is 149 cm³/mol. The van der Waals surface area contributed by atoms with Gasteiger partial charge in [-0.1, -0.05) is 41.4 Å². The van der Waals surface area contributed by atoms with Gasteiger partial charge in [-0.15, -0.1) is 0 Å². The van der Waals surface area contributed by atoms with Gasteiger partial charge in [-0.05, 0) is 54.1 Å². The average Bonchev–Trinajstić information content (AvgIpc) is 3.63. The Kier molecular flexibility index (Phi) is 9.11. The fourth-order valence-corrected chi connectivity index (χ4v) is 4.93. The third kappa shape index (κ3) is 7.21. The van der Waals surface area contributed by atoms with E-state index in [1.807, 2.05) is 0 Å². The molecule has 1 aliphatic heterocycles. The molecular weight excluding hydrogens is 617 g/mol. The summed E-state index contributed by atoms with van der Waals surface area (Å²) in [4.78, 5) is 3.95. The second-order valence-corrected chi connectivity index (χ2v) is 10.1. The summed E-state index contributed by atoms with van der Waals surface area (Å²) in [5.41, 5.74) is -1.42. The molecule has 1 aliphatic rings. The maximum absolute atomic E-state index is 14.8. The average molecular weight is 640 g/mol. The largest absolute Gasteiger partial charge is 0.497 e. The summed E-state index contributed by atoms with van der Waals surface area (Å²) < 4.78 is 85.5. The summed E-state index contributed by atoms with van der Waals surface area (Å²) in [6.45, 7) is 0.345. The molecule has 0 N–H and O–H groups in total. The van der Waals surface area contributed by atoms with Gasteiger partial charge in [0.05, 0.1) is 18.7 Å². The molecule has 3 aromatic carbocycles. The Hall–Kier alpha value is -3.84. The highest BCUT2D eigenvalue weighted by atomic mass is 35.5. The molecule has 0 aliphatic carbocycles. The molecule has 0 spiro atoms. The molecule has 8 nitrogen and oxygen atoms in total. The van der Waals surface area contributed by atoms with E-state index in [0.717, 1.165) is 12.1 Å². The Morgan fingerprint density at radius 2 is 1.72 bits per heavy atom. The van der Waals surface area contributed by atoms with Crippen molar-refractivity contribution in [1.82, 2.24) is 14.8 Å². The number of allylic oxidation sites excluding steroid dienone is 1. The van der Waals surface area contributed by atoms with Gasteiger partial charge < -0.3 is 23.7 Å².